The van der Waals surface area contributed by atoms with Gasteiger partial charge < -0.3 is 37.9 Å². The lowest BCUT2D eigenvalue weighted by Gasteiger charge is -2.42. The Morgan fingerprint density at radius 3 is 1.62 bits per heavy atom. The molecule has 6 aliphatic rings. The Kier molecular flexibility index (Phi) is 11.4. The van der Waals surface area contributed by atoms with Gasteiger partial charge in [-0.1, -0.05) is 46.3 Å². The minimum absolute atomic E-state index is 0.318. The zero-order chi connectivity index (χ0) is 40.6. The van der Waals surface area contributed by atoms with E-state index in [0.717, 1.165) is 109 Å². The van der Waals surface area contributed by atoms with E-state index >= 15 is 0 Å². The molecule has 10 nitrogen and oxygen atoms in total. The number of hydrogen-bond donors (Lipinski definition) is 0. The van der Waals surface area contributed by atoms with Crippen LogP contribution in [0.15, 0.2) is 83.8 Å². The number of nitrogens with zero attached hydrogens (tertiary/aromatic N) is 2. The van der Waals surface area contributed by atoms with Crippen LogP contribution in [0.25, 0.3) is 0 Å². The second-order valence-corrected chi connectivity index (χ2v) is 17.7. The van der Waals surface area contributed by atoms with Crippen LogP contribution in [0.5, 0.6) is 46.0 Å². The first kappa shape index (κ1) is 39.4. The Morgan fingerprint density at radius 1 is 0.617 bits per heavy atom. The second-order valence-electron chi connectivity index (χ2n) is 15.7. The van der Waals surface area contributed by atoms with E-state index in [1.54, 1.807) is 14.2 Å². The molecular weight excluding hydrogens is 845 g/mol. The van der Waals surface area contributed by atoms with E-state index in [9.17, 15) is 0 Å². The molecule has 2 atom stereocenters. The van der Waals surface area contributed by atoms with Crippen LogP contribution >= 0.6 is 27.7 Å². The van der Waals surface area contributed by atoms with Crippen LogP contribution in [0.1, 0.15) is 56.6 Å². The smallest absolute Gasteiger partial charge is 0.231 e. The van der Waals surface area contributed by atoms with Crippen molar-refractivity contribution in [2.24, 2.45) is 0 Å². The first-order valence-corrected chi connectivity index (χ1v) is 22.9. The molecular formula is C48H49BrN2O8S. The molecule has 2 unspecified atom stereocenters. The van der Waals surface area contributed by atoms with Crippen LogP contribution in [0.3, 0.4) is 0 Å². The van der Waals surface area contributed by atoms with Crippen molar-refractivity contribution in [1.82, 2.24) is 9.80 Å². The van der Waals surface area contributed by atoms with Crippen LogP contribution in [0.4, 0.5) is 0 Å². The molecule has 12 heteroatoms. The first-order valence-electron chi connectivity index (χ1n) is 20.8. The molecule has 0 N–H and O–H groups in total. The number of hydrogen-bond acceptors (Lipinski definition) is 11. The number of alkyl halides is 1. The normalized spacial score (nSPS) is 19.0. The summed E-state index contributed by atoms with van der Waals surface area (Å²) < 4.78 is 46.1. The predicted octanol–water partition coefficient (Wildman–Crippen LogP) is 9.10. The van der Waals surface area contributed by atoms with E-state index in [-0.39, 0.29) is 0 Å². The number of rotatable bonds is 10. The van der Waals surface area contributed by atoms with Gasteiger partial charge in [0, 0.05) is 65.4 Å². The van der Waals surface area contributed by atoms with E-state index in [1.165, 1.54) is 49.4 Å². The van der Waals surface area contributed by atoms with Crippen LogP contribution in [-0.4, -0.2) is 75.0 Å². The lowest BCUT2D eigenvalue weighted by atomic mass is 9.83. The maximum Gasteiger partial charge on any atom is 0.231 e. The summed E-state index contributed by atoms with van der Waals surface area (Å²) in [5.41, 5.74) is 10.7. The Hall–Kier alpha value is -4.75. The molecule has 0 aromatic heterocycles. The topological polar surface area (TPSA) is 80.3 Å². The largest absolute Gasteiger partial charge is 0.493 e. The minimum atomic E-state index is 0.318. The zero-order valence-corrected chi connectivity index (χ0v) is 36.4. The number of benzene rings is 5. The summed E-state index contributed by atoms with van der Waals surface area (Å²) in [6, 6.07) is 28.4. The van der Waals surface area contributed by atoms with Gasteiger partial charge in [-0.2, -0.15) is 0 Å². The van der Waals surface area contributed by atoms with Gasteiger partial charge >= 0.3 is 0 Å². The van der Waals surface area contributed by atoms with Gasteiger partial charge in [0.2, 0.25) is 13.6 Å². The third kappa shape index (κ3) is 7.61. The molecule has 0 saturated carbocycles. The van der Waals surface area contributed by atoms with E-state index in [1.807, 2.05) is 23.9 Å². The van der Waals surface area contributed by atoms with Crippen molar-refractivity contribution in [1.29, 1.82) is 0 Å². The van der Waals surface area contributed by atoms with Gasteiger partial charge in [0.05, 0.1) is 27.4 Å². The summed E-state index contributed by atoms with van der Waals surface area (Å²) in [6.45, 7) is 5.71. The molecule has 0 spiro atoms. The fourth-order valence-electron chi connectivity index (χ4n) is 9.59. The molecule has 0 fully saturated rings. The lowest BCUT2D eigenvalue weighted by Crippen LogP contribution is -2.39. The lowest BCUT2D eigenvalue weighted by molar-refractivity contribution is 0.156. The van der Waals surface area contributed by atoms with Gasteiger partial charge in [0.1, 0.15) is 0 Å². The highest BCUT2D eigenvalue weighted by Crippen LogP contribution is 2.48. The molecule has 0 radical (unpaired) electrons. The summed E-state index contributed by atoms with van der Waals surface area (Å²) in [5.74, 6) is 7.83. The van der Waals surface area contributed by atoms with Gasteiger partial charge in [0.15, 0.2) is 46.0 Å². The SMILES string of the molecule is COc1ccc2c(c1OCCBr)CN1CCc3cc4c(cc3C1C2)OCO4.COc1ccc2c(c1OCCSc1ccccc1)CN1CCc3cc4c(cc3C1C2)OCO4. The Labute approximate surface area is 364 Å². The average Bonchev–Trinajstić information content (AvgIpc) is 3.96. The molecule has 6 heterocycles. The maximum absolute atomic E-state index is 6.35. The van der Waals surface area contributed by atoms with Crippen molar-refractivity contribution in [2.75, 3.05) is 65.2 Å². The number of ether oxygens (including phenoxy) is 8. The summed E-state index contributed by atoms with van der Waals surface area (Å²) >= 11 is 5.26. The van der Waals surface area contributed by atoms with E-state index in [2.05, 4.69) is 92.5 Å². The molecule has 0 bridgehead atoms. The van der Waals surface area contributed by atoms with Crippen LogP contribution in [-0.2, 0) is 38.8 Å². The maximum atomic E-state index is 6.35. The molecule has 11 rings (SSSR count). The summed E-state index contributed by atoms with van der Waals surface area (Å²) in [7, 11) is 3.42. The van der Waals surface area contributed by atoms with Gasteiger partial charge in [-0.3, -0.25) is 9.80 Å². The molecule has 0 aliphatic carbocycles. The number of methoxy groups -OCH3 is 2. The quantitative estimate of drug-likeness (QED) is 0.0766. The molecule has 60 heavy (non-hydrogen) atoms. The van der Waals surface area contributed by atoms with Crippen LogP contribution in [0, 0.1) is 0 Å². The fourth-order valence-corrected chi connectivity index (χ4v) is 10.5. The fraction of sp³-hybridized carbons (Fsp3) is 0.375. The van der Waals surface area contributed by atoms with E-state index in [0.29, 0.717) is 38.9 Å². The van der Waals surface area contributed by atoms with Crippen molar-refractivity contribution >= 4 is 27.7 Å². The molecule has 312 valence electrons. The van der Waals surface area contributed by atoms with E-state index < -0.39 is 0 Å². The van der Waals surface area contributed by atoms with Gasteiger partial charge in [-0.15, -0.1) is 11.8 Å². The van der Waals surface area contributed by atoms with Crippen molar-refractivity contribution in [3.05, 3.63) is 123 Å². The van der Waals surface area contributed by atoms with Gasteiger partial charge in [-0.05, 0) is 108 Å². The monoisotopic (exact) mass is 892 g/mol. The Bertz CT molecular complexity index is 2380. The third-order valence-corrected chi connectivity index (χ3v) is 13.8. The van der Waals surface area contributed by atoms with Gasteiger partial charge in [-0.25, -0.2) is 0 Å². The average molecular weight is 894 g/mol. The summed E-state index contributed by atoms with van der Waals surface area (Å²) in [5, 5.41) is 0.798. The molecule has 5 aromatic carbocycles. The van der Waals surface area contributed by atoms with Crippen LogP contribution < -0.4 is 37.9 Å². The van der Waals surface area contributed by atoms with Crippen molar-refractivity contribution < 1.29 is 37.9 Å². The highest BCUT2D eigenvalue weighted by Gasteiger charge is 2.37. The number of thioether (sulfide) groups is 1. The second kappa shape index (κ2) is 17.3. The minimum Gasteiger partial charge on any atom is -0.493 e. The Morgan fingerprint density at radius 2 is 1.12 bits per heavy atom. The predicted molar refractivity (Wildman–Crippen MR) is 234 cm³/mol. The standard InChI is InChI=1S/C27H27NO4S.C21H22BrNO4/c1-29-24-8-7-18-13-23-21-15-26-25(31-17-32-26)14-19(21)9-10-28(23)16-22(18)27(24)30-11-12-33-20-5-3-2-4-6-20;1-24-18-3-2-13-8-17-15-10-20-19(26-12-27-20)9-14(15)4-6-23(17)11-16(13)21(18)25-7-5-22/h2-8,14-15,23H,9-13,16-17H2,1H3;2-3,9-10,17H,4-8,11-12H2,1H3. The van der Waals surface area contributed by atoms with Gasteiger partial charge in [0.25, 0.3) is 0 Å². The highest BCUT2D eigenvalue weighted by atomic mass is 79.9. The highest BCUT2D eigenvalue weighted by molar-refractivity contribution is 9.09. The van der Waals surface area contributed by atoms with E-state index in [4.69, 9.17) is 37.9 Å². The first-order chi connectivity index (χ1) is 29.6. The van der Waals surface area contributed by atoms with Crippen molar-refractivity contribution in [3.63, 3.8) is 0 Å². The number of halogens is 1. The zero-order valence-electron chi connectivity index (χ0n) is 34.0. The van der Waals surface area contributed by atoms with Crippen molar-refractivity contribution in [2.45, 2.75) is 55.8 Å². The van der Waals surface area contributed by atoms with Crippen LogP contribution in [0.2, 0.25) is 0 Å². The third-order valence-electron chi connectivity index (χ3n) is 12.5. The van der Waals surface area contributed by atoms with Crippen molar-refractivity contribution in [3.8, 4) is 46.0 Å². The molecule has 5 aromatic rings. The molecule has 0 saturated heterocycles. The Balaban J connectivity index is 0.000000147. The summed E-state index contributed by atoms with van der Waals surface area (Å²) in [6.07, 6.45) is 3.97. The molecule has 0 amide bonds. The molecule has 6 aliphatic heterocycles. The number of fused-ring (bicyclic) bond motifs is 10. The summed E-state index contributed by atoms with van der Waals surface area (Å²) in [4.78, 5) is 6.38.